The van der Waals surface area contributed by atoms with Crippen LogP contribution in [0.3, 0.4) is 0 Å². The van der Waals surface area contributed by atoms with Gasteiger partial charge in [-0.2, -0.15) is 10.1 Å². The lowest BCUT2D eigenvalue weighted by molar-refractivity contribution is -0.140. The fraction of sp³-hybridized carbons (Fsp3) is 0.346. The molecule has 0 N–H and O–H groups in total. The number of carbonyl (C=O) groups excluding carboxylic acids is 2. The van der Waals surface area contributed by atoms with Crippen molar-refractivity contribution in [3.63, 3.8) is 0 Å². The van der Waals surface area contributed by atoms with Crippen LogP contribution in [0.1, 0.15) is 30.0 Å². The third kappa shape index (κ3) is 4.07. The number of fused-ring (bicyclic) bond motifs is 5. The van der Waals surface area contributed by atoms with Crippen molar-refractivity contribution in [3.8, 4) is 11.5 Å². The zero-order chi connectivity index (χ0) is 23.1. The van der Waals surface area contributed by atoms with Crippen molar-refractivity contribution < 1.29 is 19.1 Å². The number of hydrazone groups is 1. The minimum Gasteiger partial charge on any atom is -0.490 e. The Morgan fingerprint density at radius 3 is 2.36 bits per heavy atom. The van der Waals surface area contributed by atoms with E-state index in [1.54, 1.807) is 6.21 Å². The topological polar surface area (TPSA) is 68.2 Å². The Bertz CT molecular complexity index is 1130. The van der Waals surface area contributed by atoms with Crippen LogP contribution in [0, 0.1) is 34.2 Å². The average Bonchev–Trinajstić information content (AvgIpc) is 3.47. The van der Waals surface area contributed by atoms with Gasteiger partial charge in [-0.1, -0.05) is 42.0 Å². The molecule has 4 atom stereocenters. The summed E-state index contributed by atoms with van der Waals surface area (Å²) in [6, 6.07) is 12.0. The Morgan fingerprint density at radius 1 is 1.06 bits per heavy atom. The van der Waals surface area contributed by atoms with E-state index < -0.39 is 0 Å². The second-order valence-corrected chi connectivity index (χ2v) is 9.93. The number of nitrogens with zero attached hydrogens (tertiary/aromatic N) is 2. The molecule has 0 aromatic heterocycles. The molecule has 1 saturated carbocycles. The molecule has 6 nitrogen and oxygen atoms in total. The molecule has 7 heteroatoms. The van der Waals surface area contributed by atoms with E-state index in [0.29, 0.717) is 24.7 Å². The highest BCUT2D eigenvalue weighted by Crippen LogP contribution is 2.52. The molecule has 3 aliphatic rings. The molecule has 1 saturated heterocycles. The first-order valence-electron chi connectivity index (χ1n) is 11.2. The van der Waals surface area contributed by atoms with E-state index in [0.717, 1.165) is 26.1 Å². The standard InChI is InChI=1S/C26H25IN2O4/c1-3-32-21-11-17(10-20(27)24(21)33-14-16-6-4-15(2)5-7-16)13-28-29-25(30)22-18-8-9-19(12-18)23(22)26(29)31/h4-11,13,18-19,22-23H,3,12,14H2,1-2H3/t18-,19-,22-,23+/m0/s1. The summed E-state index contributed by atoms with van der Waals surface area (Å²) in [5, 5.41) is 5.36. The molecular weight excluding hydrogens is 531 g/mol. The summed E-state index contributed by atoms with van der Waals surface area (Å²) in [7, 11) is 0. The highest BCUT2D eigenvalue weighted by Gasteiger charge is 2.59. The van der Waals surface area contributed by atoms with Crippen LogP contribution in [-0.2, 0) is 16.2 Å². The number of allylic oxidation sites excluding steroid dienone is 2. The molecular formula is C26H25IN2O4. The zero-order valence-electron chi connectivity index (χ0n) is 18.5. The Hall–Kier alpha value is -2.68. The minimum atomic E-state index is -0.249. The predicted molar refractivity (Wildman–Crippen MR) is 133 cm³/mol. The van der Waals surface area contributed by atoms with Gasteiger partial charge in [0.2, 0.25) is 0 Å². The molecule has 33 heavy (non-hydrogen) atoms. The van der Waals surface area contributed by atoms with E-state index >= 15 is 0 Å². The van der Waals surface area contributed by atoms with Crippen molar-refractivity contribution in [2.75, 3.05) is 6.61 Å². The molecule has 1 aliphatic heterocycles. The van der Waals surface area contributed by atoms with E-state index in [4.69, 9.17) is 9.47 Å². The fourth-order valence-corrected chi connectivity index (χ4v) is 5.81. The van der Waals surface area contributed by atoms with Gasteiger partial charge in [-0.3, -0.25) is 9.59 Å². The molecule has 0 unspecified atom stereocenters. The number of imide groups is 1. The SMILES string of the molecule is CCOc1cc(C=NN2C(=O)[C@@H]3[C@H](C2=O)[C@H]2C=C[C@H]3C2)cc(I)c1OCc1ccc(C)cc1. The van der Waals surface area contributed by atoms with Crippen LogP contribution in [0.5, 0.6) is 11.5 Å². The summed E-state index contributed by atoms with van der Waals surface area (Å²) in [5.41, 5.74) is 3.02. The van der Waals surface area contributed by atoms with Crippen LogP contribution in [0.2, 0.25) is 0 Å². The van der Waals surface area contributed by atoms with Crippen molar-refractivity contribution in [1.29, 1.82) is 0 Å². The third-order valence-corrected chi connectivity index (χ3v) is 7.41. The number of halogens is 1. The van der Waals surface area contributed by atoms with Crippen LogP contribution in [0.25, 0.3) is 0 Å². The Kier molecular flexibility index (Phi) is 5.99. The smallest absolute Gasteiger partial charge is 0.254 e. The van der Waals surface area contributed by atoms with Gasteiger partial charge in [0.1, 0.15) is 6.61 Å². The van der Waals surface area contributed by atoms with Gasteiger partial charge < -0.3 is 9.47 Å². The van der Waals surface area contributed by atoms with Crippen molar-refractivity contribution in [1.82, 2.24) is 5.01 Å². The van der Waals surface area contributed by atoms with Gasteiger partial charge in [0, 0.05) is 0 Å². The van der Waals surface area contributed by atoms with E-state index in [2.05, 4.69) is 58.9 Å². The maximum Gasteiger partial charge on any atom is 0.254 e. The lowest BCUT2D eigenvalue weighted by atomic mass is 9.85. The largest absolute Gasteiger partial charge is 0.490 e. The van der Waals surface area contributed by atoms with E-state index in [9.17, 15) is 9.59 Å². The van der Waals surface area contributed by atoms with Gasteiger partial charge in [0.05, 0.1) is 28.2 Å². The molecule has 2 fully saturated rings. The Balaban J connectivity index is 1.34. The summed E-state index contributed by atoms with van der Waals surface area (Å²) < 4.78 is 12.8. The van der Waals surface area contributed by atoms with Gasteiger partial charge in [-0.25, -0.2) is 0 Å². The zero-order valence-corrected chi connectivity index (χ0v) is 20.7. The second kappa shape index (κ2) is 8.93. The number of amides is 2. The summed E-state index contributed by atoms with van der Waals surface area (Å²) in [5.74, 6) is 0.755. The average molecular weight is 556 g/mol. The normalized spacial score (nSPS) is 25.4. The number of hydrogen-bond donors (Lipinski definition) is 0. The molecule has 2 bridgehead atoms. The lowest BCUT2D eigenvalue weighted by Crippen LogP contribution is -2.28. The summed E-state index contributed by atoms with van der Waals surface area (Å²) in [6.45, 7) is 4.89. The molecule has 170 valence electrons. The molecule has 0 spiro atoms. The first-order valence-corrected chi connectivity index (χ1v) is 12.3. The predicted octanol–water partition coefficient (Wildman–Crippen LogP) is 4.72. The van der Waals surface area contributed by atoms with Crippen LogP contribution >= 0.6 is 22.6 Å². The van der Waals surface area contributed by atoms with Gasteiger partial charge in [0.15, 0.2) is 11.5 Å². The maximum absolute atomic E-state index is 12.9. The minimum absolute atomic E-state index is 0.173. The number of ether oxygens (including phenoxy) is 2. The first-order chi connectivity index (χ1) is 16.0. The molecule has 2 aromatic rings. The molecule has 0 radical (unpaired) electrons. The fourth-order valence-electron chi connectivity index (χ4n) is 5.03. The van der Waals surface area contributed by atoms with Crippen LogP contribution < -0.4 is 9.47 Å². The van der Waals surface area contributed by atoms with Crippen LogP contribution in [0.4, 0.5) is 0 Å². The van der Waals surface area contributed by atoms with Crippen LogP contribution in [0.15, 0.2) is 53.7 Å². The monoisotopic (exact) mass is 556 g/mol. The molecule has 2 aliphatic carbocycles. The Morgan fingerprint density at radius 2 is 1.73 bits per heavy atom. The molecule has 5 rings (SSSR count). The van der Waals surface area contributed by atoms with Gasteiger partial charge in [-0.15, -0.1) is 0 Å². The van der Waals surface area contributed by atoms with Crippen molar-refractivity contribution in [2.45, 2.75) is 26.9 Å². The van der Waals surface area contributed by atoms with Crippen molar-refractivity contribution >= 4 is 40.6 Å². The van der Waals surface area contributed by atoms with Crippen molar-refractivity contribution in [3.05, 3.63) is 68.8 Å². The van der Waals surface area contributed by atoms with Gasteiger partial charge in [0.25, 0.3) is 11.8 Å². The van der Waals surface area contributed by atoms with Gasteiger partial charge >= 0.3 is 0 Å². The number of carbonyl (C=O) groups is 2. The summed E-state index contributed by atoms with van der Waals surface area (Å²) in [4.78, 5) is 25.7. The number of rotatable bonds is 7. The molecule has 1 heterocycles. The first kappa shape index (κ1) is 22.1. The quantitative estimate of drug-likeness (QED) is 0.214. The second-order valence-electron chi connectivity index (χ2n) is 8.77. The maximum atomic E-state index is 12.9. The third-order valence-electron chi connectivity index (χ3n) is 6.60. The summed E-state index contributed by atoms with van der Waals surface area (Å²) >= 11 is 2.21. The molecule has 2 aromatic carbocycles. The highest BCUT2D eigenvalue weighted by molar-refractivity contribution is 14.1. The highest BCUT2D eigenvalue weighted by atomic mass is 127. The molecule has 2 amide bonds. The van der Waals surface area contributed by atoms with E-state index in [1.807, 2.05) is 31.2 Å². The number of benzene rings is 2. The Labute approximate surface area is 206 Å². The van der Waals surface area contributed by atoms with Crippen molar-refractivity contribution in [2.24, 2.45) is 28.8 Å². The number of aryl methyl sites for hydroxylation is 1. The number of hydrogen-bond acceptors (Lipinski definition) is 5. The van der Waals surface area contributed by atoms with Crippen LogP contribution in [-0.4, -0.2) is 29.6 Å². The van der Waals surface area contributed by atoms with E-state index in [1.165, 1.54) is 5.56 Å². The van der Waals surface area contributed by atoms with Gasteiger partial charge in [-0.05, 0) is 78.0 Å². The van der Waals surface area contributed by atoms with E-state index in [-0.39, 0.29) is 35.5 Å². The lowest BCUT2D eigenvalue weighted by Gasteiger charge is -2.15. The summed E-state index contributed by atoms with van der Waals surface area (Å²) in [6.07, 6.45) is 6.62.